The van der Waals surface area contributed by atoms with Crippen molar-refractivity contribution in [2.24, 2.45) is 0 Å². The molecule has 0 aliphatic carbocycles. The normalized spacial score (nSPS) is 12.1. The van der Waals surface area contributed by atoms with Crippen LogP contribution < -0.4 is 0 Å². The van der Waals surface area contributed by atoms with E-state index < -0.39 is 0 Å². The fourth-order valence-electron chi connectivity index (χ4n) is 7.68. The Morgan fingerprint density at radius 3 is 1.59 bits per heavy atom. The molecule has 244 valence electrons. The van der Waals surface area contributed by atoms with Gasteiger partial charge in [0.25, 0.3) is 0 Å². The van der Waals surface area contributed by atoms with Crippen LogP contribution in [0.15, 0.2) is 176 Å². The van der Waals surface area contributed by atoms with Crippen molar-refractivity contribution in [3.63, 3.8) is 0 Å². The minimum absolute atomic E-state index is 0.485. The summed E-state index contributed by atoms with van der Waals surface area (Å²) in [6, 6.07) is 63.7. The van der Waals surface area contributed by atoms with E-state index in [0.717, 1.165) is 40.1 Å². The predicted molar refractivity (Wildman–Crippen MR) is 217 cm³/mol. The summed E-state index contributed by atoms with van der Waals surface area (Å²) in [7, 11) is 0. The van der Waals surface area contributed by atoms with E-state index in [2.05, 4.69) is 194 Å². The van der Waals surface area contributed by atoms with E-state index in [1.165, 1.54) is 54.9 Å². The number of para-hydroxylation sites is 1. The SMILES string of the molecule is CCC(C)c1ccc2c(-c3ccccc3)c3cc(-c4ccc5c(c4)nc(-c4ccccc4)n5-c4ccccc4)ccc3c(-c3ccccc3)c2c1. The number of rotatable bonds is 7. The average molecular weight is 655 g/mol. The third kappa shape index (κ3) is 5.41. The van der Waals surface area contributed by atoms with E-state index in [1.807, 2.05) is 0 Å². The zero-order chi connectivity index (χ0) is 34.3. The Hall–Kier alpha value is -6.25. The zero-order valence-electron chi connectivity index (χ0n) is 28.9. The molecular weight excluding hydrogens is 617 g/mol. The largest absolute Gasteiger partial charge is 0.292 e. The van der Waals surface area contributed by atoms with Gasteiger partial charge in [0.2, 0.25) is 0 Å². The minimum Gasteiger partial charge on any atom is -0.292 e. The molecule has 0 spiro atoms. The Labute approximate surface area is 299 Å². The molecule has 1 heterocycles. The van der Waals surface area contributed by atoms with Crippen LogP contribution in [0.4, 0.5) is 0 Å². The molecular formula is C49H38N2. The van der Waals surface area contributed by atoms with Crippen LogP contribution in [0.3, 0.4) is 0 Å². The summed E-state index contributed by atoms with van der Waals surface area (Å²) in [5.74, 6) is 1.42. The van der Waals surface area contributed by atoms with Gasteiger partial charge in [0.05, 0.1) is 11.0 Å². The number of imidazole rings is 1. The topological polar surface area (TPSA) is 17.8 Å². The highest BCUT2D eigenvalue weighted by Crippen LogP contribution is 2.46. The summed E-state index contributed by atoms with van der Waals surface area (Å²) in [5.41, 5.74) is 13.0. The molecule has 8 aromatic carbocycles. The van der Waals surface area contributed by atoms with Gasteiger partial charge in [0, 0.05) is 11.3 Å². The number of fused-ring (bicyclic) bond motifs is 3. The fourth-order valence-corrected chi connectivity index (χ4v) is 7.68. The number of nitrogens with zero attached hydrogens (tertiary/aromatic N) is 2. The zero-order valence-corrected chi connectivity index (χ0v) is 28.9. The maximum absolute atomic E-state index is 5.26. The van der Waals surface area contributed by atoms with E-state index in [-0.39, 0.29) is 0 Å². The highest BCUT2D eigenvalue weighted by atomic mass is 15.1. The number of aromatic nitrogens is 2. The molecule has 51 heavy (non-hydrogen) atoms. The van der Waals surface area contributed by atoms with Crippen molar-refractivity contribution in [3.05, 3.63) is 181 Å². The molecule has 0 amide bonds. The first kappa shape index (κ1) is 30.8. The number of benzene rings is 8. The maximum Gasteiger partial charge on any atom is 0.145 e. The Balaban J connectivity index is 1.31. The Morgan fingerprint density at radius 2 is 0.980 bits per heavy atom. The van der Waals surface area contributed by atoms with Gasteiger partial charge in [-0.2, -0.15) is 0 Å². The van der Waals surface area contributed by atoms with E-state index in [9.17, 15) is 0 Å². The molecule has 0 N–H and O–H groups in total. The highest BCUT2D eigenvalue weighted by molar-refractivity contribution is 6.22. The van der Waals surface area contributed by atoms with Crippen LogP contribution >= 0.6 is 0 Å². The molecule has 0 aliphatic rings. The van der Waals surface area contributed by atoms with Crippen molar-refractivity contribution in [2.45, 2.75) is 26.2 Å². The lowest BCUT2D eigenvalue weighted by Gasteiger charge is -2.20. The summed E-state index contributed by atoms with van der Waals surface area (Å²) in [4.78, 5) is 5.26. The van der Waals surface area contributed by atoms with Crippen LogP contribution in [-0.4, -0.2) is 9.55 Å². The van der Waals surface area contributed by atoms with Crippen LogP contribution in [0, 0.1) is 0 Å². The van der Waals surface area contributed by atoms with Gasteiger partial charge in [-0.15, -0.1) is 0 Å². The lowest BCUT2D eigenvalue weighted by Crippen LogP contribution is -1.97. The maximum atomic E-state index is 5.26. The molecule has 2 nitrogen and oxygen atoms in total. The van der Waals surface area contributed by atoms with Crippen LogP contribution in [-0.2, 0) is 0 Å². The molecule has 9 aromatic rings. The summed E-state index contributed by atoms with van der Waals surface area (Å²) in [5, 5.41) is 5.10. The lowest BCUT2D eigenvalue weighted by atomic mass is 9.83. The van der Waals surface area contributed by atoms with Crippen molar-refractivity contribution in [3.8, 4) is 50.5 Å². The van der Waals surface area contributed by atoms with Crippen molar-refractivity contribution >= 4 is 32.6 Å². The molecule has 0 aliphatic heterocycles. The van der Waals surface area contributed by atoms with E-state index >= 15 is 0 Å². The summed E-state index contributed by atoms with van der Waals surface area (Å²) in [6.07, 6.45) is 1.11. The van der Waals surface area contributed by atoms with Crippen LogP contribution in [0.5, 0.6) is 0 Å². The second kappa shape index (κ2) is 12.9. The quantitative estimate of drug-likeness (QED) is 0.156. The molecule has 0 saturated carbocycles. The monoisotopic (exact) mass is 654 g/mol. The third-order valence-corrected chi connectivity index (χ3v) is 10.5. The van der Waals surface area contributed by atoms with Gasteiger partial charge < -0.3 is 0 Å². The molecule has 0 radical (unpaired) electrons. The van der Waals surface area contributed by atoms with E-state index in [0.29, 0.717) is 5.92 Å². The number of hydrogen-bond donors (Lipinski definition) is 0. The van der Waals surface area contributed by atoms with Crippen LogP contribution in [0.2, 0.25) is 0 Å². The molecule has 1 atom stereocenters. The molecule has 2 heteroatoms. The van der Waals surface area contributed by atoms with Gasteiger partial charge in [-0.25, -0.2) is 4.98 Å². The van der Waals surface area contributed by atoms with Gasteiger partial charge >= 0.3 is 0 Å². The fraction of sp³-hybridized carbons (Fsp3) is 0.0816. The Morgan fingerprint density at radius 1 is 0.471 bits per heavy atom. The standard InChI is InChI=1S/C49H38N2/c1-3-33(2)37-24-27-41-43(30-37)47(34-16-8-4-9-17-34)42-28-25-38(31-44(42)48(41)35-18-10-5-11-19-35)39-26-29-46-45(32-39)50-49(36-20-12-6-13-21-36)51(46)40-22-14-7-15-23-40/h4-33H,3H2,1-2H3. The van der Waals surface area contributed by atoms with Crippen molar-refractivity contribution < 1.29 is 0 Å². The van der Waals surface area contributed by atoms with E-state index in [4.69, 9.17) is 4.98 Å². The molecule has 1 aromatic heterocycles. The van der Waals surface area contributed by atoms with Crippen LogP contribution in [0.1, 0.15) is 31.7 Å². The van der Waals surface area contributed by atoms with Crippen LogP contribution in [0.25, 0.3) is 83.0 Å². The summed E-state index contributed by atoms with van der Waals surface area (Å²) < 4.78 is 2.27. The van der Waals surface area contributed by atoms with Gasteiger partial charge in [-0.05, 0) is 103 Å². The first-order valence-electron chi connectivity index (χ1n) is 18.0. The lowest BCUT2D eigenvalue weighted by molar-refractivity contribution is 0.735. The summed E-state index contributed by atoms with van der Waals surface area (Å²) >= 11 is 0. The number of hydrogen-bond acceptors (Lipinski definition) is 1. The second-order valence-electron chi connectivity index (χ2n) is 13.5. The second-order valence-corrected chi connectivity index (χ2v) is 13.5. The predicted octanol–water partition coefficient (Wildman–Crippen LogP) is 13.5. The third-order valence-electron chi connectivity index (χ3n) is 10.5. The van der Waals surface area contributed by atoms with Gasteiger partial charge in [-0.1, -0.05) is 159 Å². The Kier molecular flexibility index (Phi) is 7.78. The molecule has 0 bridgehead atoms. The van der Waals surface area contributed by atoms with Crippen molar-refractivity contribution in [1.82, 2.24) is 9.55 Å². The molecule has 1 unspecified atom stereocenters. The molecule has 0 fully saturated rings. The van der Waals surface area contributed by atoms with E-state index in [1.54, 1.807) is 0 Å². The Bertz CT molecular complexity index is 2660. The smallest absolute Gasteiger partial charge is 0.145 e. The summed E-state index contributed by atoms with van der Waals surface area (Å²) in [6.45, 7) is 4.60. The van der Waals surface area contributed by atoms with Gasteiger partial charge in [-0.3, -0.25) is 4.57 Å². The van der Waals surface area contributed by atoms with Crippen molar-refractivity contribution in [1.29, 1.82) is 0 Å². The minimum atomic E-state index is 0.485. The highest BCUT2D eigenvalue weighted by Gasteiger charge is 2.20. The first-order valence-corrected chi connectivity index (χ1v) is 18.0. The average Bonchev–Trinajstić information content (AvgIpc) is 3.59. The van der Waals surface area contributed by atoms with Gasteiger partial charge in [0.15, 0.2) is 0 Å². The molecule has 0 saturated heterocycles. The van der Waals surface area contributed by atoms with Gasteiger partial charge in [0.1, 0.15) is 5.82 Å². The first-order chi connectivity index (χ1) is 25.2. The van der Waals surface area contributed by atoms with Crippen molar-refractivity contribution in [2.75, 3.05) is 0 Å². The molecule has 9 rings (SSSR count).